The largest absolute Gasteiger partial charge is 0.507 e. The number of aromatic hydroxyl groups is 1. The number of anilines is 3. The SMILES string of the molecule is Cc1ncsc1-c1ccc([C@H](C)NC(=O)[C@@H]2C[C@@H](O)CN2C(=O)C(C(C)C)n2cc(OCCN3CCN(CCOc4cc(N5C6CCC5CN(c5cc(-c7ccccc7O)nnc5N)C6)ccn4)CC3)cn2)cc1. The number of β-amino-alcohol motifs (C(OH)–C–C–N with tert-alkyl or cyclic N) is 1. The average molecular weight is 1030 g/mol. The first-order valence-electron chi connectivity index (χ1n) is 25.8. The van der Waals surface area contributed by atoms with Crippen molar-refractivity contribution in [3.63, 3.8) is 0 Å². The summed E-state index contributed by atoms with van der Waals surface area (Å²) in [6.45, 7) is 15.7. The number of ether oxygens (including phenoxy) is 2. The lowest BCUT2D eigenvalue weighted by atomic mass is 10.0. The van der Waals surface area contributed by atoms with Gasteiger partial charge in [-0.05, 0) is 68.0 Å². The Labute approximate surface area is 435 Å². The number of nitrogen functional groups attached to an aromatic ring is 1. The first kappa shape index (κ1) is 50.7. The summed E-state index contributed by atoms with van der Waals surface area (Å²) in [6, 6.07) is 20.0. The summed E-state index contributed by atoms with van der Waals surface area (Å²) in [5.41, 5.74) is 14.4. The lowest BCUT2D eigenvalue weighted by molar-refractivity contribution is -0.142. The van der Waals surface area contributed by atoms with E-state index in [1.54, 1.807) is 40.5 Å². The number of thiazole rings is 1. The van der Waals surface area contributed by atoms with E-state index < -0.39 is 18.2 Å². The van der Waals surface area contributed by atoms with E-state index in [1.165, 1.54) is 4.90 Å². The molecule has 5 N–H and O–H groups in total. The smallest absolute Gasteiger partial charge is 0.248 e. The zero-order chi connectivity index (χ0) is 51.5. The highest BCUT2D eigenvalue weighted by Gasteiger charge is 2.44. The quantitative estimate of drug-likeness (QED) is 0.0845. The molecule has 0 radical (unpaired) electrons. The number of rotatable bonds is 18. The second-order valence-electron chi connectivity index (χ2n) is 20.3. The number of benzene rings is 2. The summed E-state index contributed by atoms with van der Waals surface area (Å²) < 4.78 is 14.0. The van der Waals surface area contributed by atoms with Crippen molar-refractivity contribution in [2.75, 3.05) is 87.7 Å². The van der Waals surface area contributed by atoms with Crippen LogP contribution >= 0.6 is 11.3 Å². The number of nitrogens with one attached hydrogen (secondary N) is 1. The van der Waals surface area contributed by atoms with Gasteiger partial charge in [0, 0.05) is 101 Å². The van der Waals surface area contributed by atoms with Crippen LogP contribution in [0.1, 0.15) is 63.4 Å². The molecule has 6 atom stereocenters. The molecule has 0 saturated carbocycles. The van der Waals surface area contributed by atoms with Gasteiger partial charge in [-0.15, -0.1) is 21.5 Å². The average Bonchev–Trinajstić information content (AvgIpc) is 4.20. The van der Waals surface area contributed by atoms with Gasteiger partial charge in [0.15, 0.2) is 11.6 Å². The maximum Gasteiger partial charge on any atom is 0.248 e. The van der Waals surface area contributed by atoms with Crippen LogP contribution in [0.25, 0.3) is 21.7 Å². The molecule has 2 aromatic carbocycles. The lowest BCUT2D eigenvalue weighted by Gasteiger charge is -2.43. The molecule has 2 bridgehead atoms. The Hall–Kier alpha value is -6.87. The van der Waals surface area contributed by atoms with E-state index in [0.717, 1.165) is 98.3 Å². The van der Waals surface area contributed by atoms with Gasteiger partial charge in [0.25, 0.3) is 0 Å². The fourth-order valence-corrected chi connectivity index (χ4v) is 11.9. The number of amides is 2. The van der Waals surface area contributed by atoms with Crippen molar-refractivity contribution in [2.45, 2.75) is 83.3 Å². The van der Waals surface area contributed by atoms with Crippen LogP contribution in [-0.2, 0) is 9.59 Å². The number of hydrogen-bond acceptors (Lipinski definition) is 17. The zero-order valence-electron chi connectivity index (χ0n) is 42.5. The van der Waals surface area contributed by atoms with Gasteiger partial charge in [-0.3, -0.25) is 24.1 Å². The fraction of sp³-hybridized carbons (Fsp3) is 0.463. The number of aliphatic hydroxyl groups is 1. The topological polar surface area (TPSA) is 217 Å². The summed E-state index contributed by atoms with van der Waals surface area (Å²) in [7, 11) is 0. The Kier molecular flexibility index (Phi) is 15.3. The number of nitrogens with zero attached hydrogens (tertiary/aromatic N) is 11. The molecule has 20 heteroatoms. The van der Waals surface area contributed by atoms with E-state index in [0.29, 0.717) is 41.9 Å². The number of pyridine rings is 1. The molecule has 4 saturated heterocycles. The highest BCUT2D eigenvalue weighted by molar-refractivity contribution is 7.13. The predicted molar refractivity (Wildman–Crippen MR) is 284 cm³/mol. The number of fused-ring (bicyclic) bond motifs is 2. The van der Waals surface area contributed by atoms with Gasteiger partial charge >= 0.3 is 0 Å². The number of hydrogen-bond donors (Lipinski definition) is 4. The number of likely N-dealkylation sites (tertiary alicyclic amines) is 1. The molecule has 8 heterocycles. The second-order valence-corrected chi connectivity index (χ2v) is 21.2. The van der Waals surface area contributed by atoms with Crippen LogP contribution in [0.5, 0.6) is 17.4 Å². The Morgan fingerprint density at radius 3 is 2.30 bits per heavy atom. The number of phenolic OH excluding ortho intramolecular Hbond substituents is 1. The van der Waals surface area contributed by atoms with E-state index in [-0.39, 0.29) is 54.6 Å². The summed E-state index contributed by atoms with van der Waals surface area (Å²) in [6.07, 6.45) is 6.71. The Morgan fingerprint density at radius 1 is 0.892 bits per heavy atom. The van der Waals surface area contributed by atoms with Crippen molar-refractivity contribution < 1.29 is 29.3 Å². The van der Waals surface area contributed by atoms with Crippen LogP contribution < -0.4 is 30.3 Å². The molecule has 4 fully saturated rings. The van der Waals surface area contributed by atoms with Crippen LogP contribution in [-0.4, -0.2) is 163 Å². The number of aromatic nitrogens is 6. The predicted octanol–water partition coefficient (Wildman–Crippen LogP) is 5.42. The van der Waals surface area contributed by atoms with Crippen molar-refractivity contribution in [3.05, 3.63) is 102 Å². The van der Waals surface area contributed by atoms with Crippen molar-refractivity contribution in [2.24, 2.45) is 5.92 Å². The minimum atomic E-state index is -0.810. The maximum absolute atomic E-state index is 14.3. The third kappa shape index (κ3) is 11.1. The molecule has 0 aliphatic carbocycles. The zero-order valence-corrected chi connectivity index (χ0v) is 43.4. The van der Waals surface area contributed by atoms with Gasteiger partial charge in [-0.1, -0.05) is 50.2 Å². The minimum Gasteiger partial charge on any atom is -0.507 e. The molecule has 10 rings (SSSR count). The highest BCUT2D eigenvalue weighted by Crippen LogP contribution is 2.40. The summed E-state index contributed by atoms with van der Waals surface area (Å²) >= 11 is 1.59. The molecule has 4 aliphatic heterocycles. The summed E-state index contributed by atoms with van der Waals surface area (Å²) in [5.74, 6) is 1.03. The lowest BCUT2D eigenvalue weighted by Crippen LogP contribution is -2.54. The molecule has 4 aliphatic rings. The van der Waals surface area contributed by atoms with Crippen molar-refractivity contribution >= 4 is 40.3 Å². The third-order valence-corrected chi connectivity index (χ3v) is 16.0. The molecular formula is C54H67N13O6S. The number of para-hydroxylation sites is 1. The number of carbonyl (C=O) groups is 2. The summed E-state index contributed by atoms with van der Waals surface area (Å²) in [4.78, 5) is 49.2. The van der Waals surface area contributed by atoms with Crippen LogP contribution in [0, 0.1) is 12.8 Å². The molecule has 4 aromatic heterocycles. The van der Waals surface area contributed by atoms with Crippen molar-refractivity contribution in [1.82, 2.24) is 50.0 Å². The number of phenols is 1. The fourth-order valence-electron chi connectivity index (χ4n) is 11.1. The highest BCUT2D eigenvalue weighted by atomic mass is 32.1. The number of carbonyl (C=O) groups excluding carboxylic acids is 2. The first-order chi connectivity index (χ1) is 35.9. The molecule has 6 aromatic rings. The normalized spacial score (nSPS) is 21.0. The number of nitrogens with two attached hydrogens (primary N) is 1. The molecular weight excluding hydrogens is 959 g/mol. The molecule has 19 nitrogen and oxygen atoms in total. The van der Waals surface area contributed by atoms with E-state index >= 15 is 0 Å². The maximum atomic E-state index is 14.3. The monoisotopic (exact) mass is 1030 g/mol. The van der Waals surface area contributed by atoms with Gasteiger partial charge in [-0.2, -0.15) is 5.10 Å². The third-order valence-electron chi connectivity index (χ3n) is 15.0. The minimum absolute atomic E-state index is 0.0728. The van der Waals surface area contributed by atoms with Gasteiger partial charge < -0.3 is 45.4 Å². The summed E-state index contributed by atoms with van der Waals surface area (Å²) in [5, 5.41) is 37.4. The van der Waals surface area contributed by atoms with E-state index in [1.807, 2.05) is 81.9 Å². The van der Waals surface area contributed by atoms with Crippen molar-refractivity contribution in [3.8, 4) is 39.1 Å². The van der Waals surface area contributed by atoms with Crippen LogP contribution in [0.2, 0.25) is 0 Å². The van der Waals surface area contributed by atoms with Gasteiger partial charge in [-0.25, -0.2) is 9.97 Å². The van der Waals surface area contributed by atoms with Crippen LogP contribution in [0.3, 0.4) is 0 Å². The molecule has 3 unspecified atom stereocenters. The van der Waals surface area contributed by atoms with Crippen LogP contribution in [0.4, 0.5) is 17.2 Å². The van der Waals surface area contributed by atoms with E-state index in [4.69, 9.17) is 15.2 Å². The number of aliphatic hydroxyl groups excluding tert-OH is 1. The molecule has 2 amide bonds. The molecule has 390 valence electrons. The van der Waals surface area contributed by atoms with Gasteiger partial charge in [0.05, 0.1) is 52.0 Å². The second kappa shape index (κ2) is 22.3. The Morgan fingerprint density at radius 2 is 1.61 bits per heavy atom. The number of piperazine rings is 2. The van der Waals surface area contributed by atoms with Crippen molar-refractivity contribution in [1.29, 1.82) is 0 Å². The molecule has 74 heavy (non-hydrogen) atoms. The Balaban J connectivity index is 0.655. The Bertz CT molecular complexity index is 2880. The van der Waals surface area contributed by atoms with E-state index in [9.17, 15) is 19.8 Å². The van der Waals surface area contributed by atoms with E-state index in [2.05, 4.69) is 62.3 Å². The molecule has 0 spiro atoms. The van der Waals surface area contributed by atoms with Crippen LogP contribution in [0.15, 0.2) is 90.8 Å². The van der Waals surface area contributed by atoms with Gasteiger partial charge in [0.1, 0.15) is 31.0 Å². The van der Waals surface area contributed by atoms with Gasteiger partial charge in [0.2, 0.25) is 17.7 Å². The number of aryl methyl sites for hydroxylation is 1. The standard InChI is InChI=1S/C54H67N13O6S/c1-34(2)50(54(71)65-31-42(68)26-47(65)53(70)59-35(3)37-9-11-38(12-10-37)51-36(4)57-33-74-51)66-32-43(28-58-66)72-23-21-62-17-19-63(20-18-62)22-24-73-49-25-39(15-16-56-49)67-40-13-14-41(67)30-64(29-40)46-27-45(60-61-52(46)55)44-7-5-6-8-48(44)69/h5-12,15-16,25,27-28,32-35,40-42,47,50,68-69H,13-14,17-24,26,29-31H2,1-4H3,(H2,55,61)(H,59,70)/t35-,40?,41?,42+,47-,50?/m0/s1. The first-order valence-corrected chi connectivity index (χ1v) is 26.7.